The summed E-state index contributed by atoms with van der Waals surface area (Å²) in [4.78, 5) is 50.1. The lowest BCUT2D eigenvalue weighted by Crippen LogP contribution is -2.38. The van der Waals surface area contributed by atoms with Gasteiger partial charge in [-0.3, -0.25) is 24.1 Å². The highest BCUT2D eigenvalue weighted by Crippen LogP contribution is 2.56. The Bertz CT molecular complexity index is 939. The van der Waals surface area contributed by atoms with Crippen molar-refractivity contribution in [3.05, 3.63) is 28.8 Å². The van der Waals surface area contributed by atoms with E-state index in [4.69, 9.17) is 16.3 Å². The average molecular weight is 459 g/mol. The standard InChI is InChI=1S/C20H18ClF3N2O5/c21-12-4-3-11(20(22,23)24)6-13(12)25-14(27)8-31-15(28)7-26-18(29)16-9-1-2-10(5-9)17(16)19(26)30/h3-4,6,9-10,16-17H,1-2,5,7-8H2,(H,25,27)/t9-,10-,16-,17-/m0/s1. The van der Waals surface area contributed by atoms with E-state index in [1.807, 2.05) is 0 Å². The number of alkyl halides is 3. The maximum Gasteiger partial charge on any atom is 0.416 e. The van der Waals surface area contributed by atoms with E-state index in [1.54, 1.807) is 0 Å². The highest BCUT2D eigenvalue weighted by atomic mass is 35.5. The highest BCUT2D eigenvalue weighted by Gasteiger charge is 2.61. The molecule has 0 radical (unpaired) electrons. The highest BCUT2D eigenvalue weighted by molar-refractivity contribution is 6.33. The number of anilines is 1. The molecule has 31 heavy (non-hydrogen) atoms. The lowest BCUT2D eigenvalue weighted by Gasteiger charge is -2.19. The third kappa shape index (κ3) is 4.00. The van der Waals surface area contributed by atoms with Crippen LogP contribution in [0.25, 0.3) is 0 Å². The van der Waals surface area contributed by atoms with E-state index in [0.29, 0.717) is 6.07 Å². The van der Waals surface area contributed by atoms with E-state index in [9.17, 15) is 32.3 Å². The van der Waals surface area contributed by atoms with Crippen LogP contribution in [-0.2, 0) is 30.1 Å². The summed E-state index contributed by atoms with van der Waals surface area (Å²) >= 11 is 5.80. The molecule has 166 valence electrons. The van der Waals surface area contributed by atoms with Crippen molar-refractivity contribution < 1.29 is 37.1 Å². The summed E-state index contributed by atoms with van der Waals surface area (Å²) in [6, 6.07) is 2.42. The topological polar surface area (TPSA) is 92.8 Å². The number of hydrogen-bond acceptors (Lipinski definition) is 5. The van der Waals surface area contributed by atoms with Crippen LogP contribution >= 0.6 is 11.6 Å². The Labute approximate surface area is 179 Å². The van der Waals surface area contributed by atoms with Gasteiger partial charge in [0.15, 0.2) is 6.61 Å². The van der Waals surface area contributed by atoms with Gasteiger partial charge in [-0.15, -0.1) is 0 Å². The second-order valence-electron chi connectivity index (χ2n) is 8.05. The van der Waals surface area contributed by atoms with E-state index < -0.39 is 36.8 Å². The average Bonchev–Trinajstić information content (AvgIpc) is 3.37. The third-order valence-corrected chi connectivity index (χ3v) is 6.57. The van der Waals surface area contributed by atoms with Gasteiger partial charge in [-0.1, -0.05) is 11.6 Å². The first-order valence-corrected chi connectivity index (χ1v) is 10.1. The van der Waals surface area contributed by atoms with E-state index >= 15 is 0 Å². The summed E-state index contributed by atoms with van der Waals surface area (Å²) in [5.41, 5.74) is -1.29. The minimum absolute atomic E-state index is 0.123. The molecule has 3 aliphatic rings. The van der Waals surface area contributed by atoms with Gasteiger partial charge in [-0.2, -0.15) is 13.2 Å². The Morgan fingerprint density at radius 2 is 1.74 bits per heavy atom. The van der Waals surface area contributed by atoms with Crippen molar-refractivity contribution >= 4 is 41.0 Å². The molecule has 2 bridgehead atoms. The molecule has 3 amide bonds. The molecule has 4 atom stereocenters. The van der Waals surface area contributed by atoms with Gasteiger partial charge in [0.05, 0.1) is 28.1 Å². The fourth-order valence-corrected chi connectivity index (χ4v) is 5.10. The summed E-state index contributed by atoms with van der Waals surface area (Å²) in [6.45, 7) is -1.40. The van der Waals surface area contributed by atoms with Gasteiger partial charge >= 0.3 is 12.1 Å². The first-order valence-electron chi connectivity index (χ1n) is 9.73. The van der Waals surface area contributed by atoms with E-state index in [2.05, 4.69) is 5.32 Å². The molecule has 11 heteroatoms. The lowest BCUT2D eigenvalue weighted by molar-refractivity contribution is -0.154. The van der Waals surface area contributed by atoms with Crippen LogP contribution in [0, 0.1) is 23.7 Å². The number of benzene rings is 1. The number of fused-ring (bicyclic) bond motifs is 5. The van der Waals surface area contributed by atoms with Gasteiger partial charge in [0, 0.05) is 0 Å². The summed E-state index contributed by atoms with van der Waals surface area (Å²) in [7, 11) is 0. The molecule has 1 N–H and O–H groups in total. The number of carbonyl (C=O) groups excluding carboxylic acids is 4. The monoisotopic (exact) mass is 458 g/mol. The van der Waals surface area contributed by atoms with Crippen molar-refractivity contribution in [1.82, 2.24) is 4.90 Å². The summed E-state index contributed by atoms with van der Waals surface area (Å²) < 4.78 is 43.2. The molecule has 7 nitrogen and oxygen atoms in total. The summed E-state index contributed by atoms with van der Waals surface area (Å²) in [5, 5.41) is 2.02. The number of likely N-dealkylation sites (tertiary alicyclic amines) is 1. The van der Waals surface area contributed by atoms with Crippen molar-refractivity contribution in [2.24, 2.45) is 23.7 Å². The second-order valence-corrected chi connectivity index (χ2v) is 8.46. The Morgan fingerprint density at radius 3 is 2.32 bits per heavy atom. The largest absolute Gasteiger partial charge is 0.454 e. The number of ether oxygens (including phenoxy) is 1. The number of nitrogens with one attached hydrogen (secondary N) is 1. The molecule has 0 spiro atoms. The van der Waals surface area contributed by atoms with Crippen molar-refractivity contribution in [2.75, 3.05) is 18.5 Å². The summed E-state index contributed by atoms with van der Waals surface area (Å²) in [5.74, 6) is -3.01. The molecule has 1 aromatic rings. The van der Waals surface area contributed by atoms with Crippen LogP contribution in [0.1, 0.15) is 24.8 Å². The predicted octanol–water partition coefficient (Wildman–Crippen LogP) is 2.87. The molecule has 1 aromatic carbocycles. The van der Waals surface area contributed by atoms with Gasteiger partial charge in [0.1, 0.15) is 6.54 Å². The summed E-state index contributed by atoms with van der Waals surface area (Å²) in [6.07, 6.45) is -1.95. The van der Waals surface area contributed by atoms with Crippen LogP contribution in [0.3, 0.4) is 0 Å². The molecule has 1 aliphatic heterocycles. The molecule has 1 heterocycles. The number of rotatable bonds is 5. The lowest BCUT2D eigenvalue weighted by atomic mass is 9.81. The first-order chi connectivity index (χ1) is 14.6. The zero-order chi connectivity index (χ0) is 22.5. The number of imide groups is 1. The Kier molecular flexibility index (Phi) is 5.45. The molecule has 0 aromatic heterocycles. The van der Waals surface area contributed by atoms with Crippen LogP contribution in [-0.4, -0.2) is 41.7 Å². The maximum absolute atomic E-state index is 12.8. The smallest absolute Gasteiger partial charge is 0.416 e. The fraction of sp³-hybridized carbons (Fsp3) is 0.500. The van der Waals surface area contributed by atoms with Crippen molar-refractivity contribution in [1.29, 1.82) is 0 Å². The molecule has 1 saturated heterocycles. The molecular weight excluding hydrogens is 441 g/mol. The van der Waals surface area contributed by atoms with Crippen LogP contribution in [0.5, 0.6) is 0 Å². The minimum Gasteiger partial charge on any atom is -0.454 e. The van der Waals surface area contributed by atoms with Gasteiger partial charge < -0.3 is 10.1 Å². The van der Waals surface area contributed by atoms with Crippen LogP contribution in [0.15, 0.2) is 18.2 Å². The fourth-order valence-electron chi connectivity index (χ4n) is 4.93. The maximum atomic E-state index is 12.8. The normalized spacial score (nSPS) is 26.9. The molecular formula is C20H18ClF3N2O5. The number of halogens is 4. The van der Waals surface area contributed by atoms with Crippen molar-refractivity contribution in [3.63, 3.8) is 0 Å². The van der Waals surface area contributed by atoms with Crippen LogP contribution in [0.2, 0.25) is 5.02 Å². The SMILES string of the molecule is O=C(COC(=O)CN1C(=O)[C@H]2[C@H]3CC[C@@H](C3)[C@@H]2C1=O)Nc1cc(C(F)(F)F)ccc1Cl. The molecule has 2 saturated carbocycles. The third-order valence-electron chi connectivity index (χ3n) is 6.24. The quantitative estimate of drug-likeness (QED) is 0.541. The molecule has 2 aliphatic carbocycles. The number of amides is 3. The Hall–Kier alpha value is -2.62. The number of carbonyl (C=O) groups is 4. The number of nitrogens with zero attached hydrogens (tertiary/aromatic N) is 1. The number of esters is 1. The van der Waals surface area contributed by atoms with Crippen molar-refractivity contribution in [2.45, 2.75) is 25.4 Å². The van der Waals surface area contributed by atoms with Gasteiger partial charge in [0.2, 0.25) is 11.8 Å². The van der Waals surface area contributed by atoms with Gasteiger partial charge in [-0.25, -0.2) is 0 Å². The minimum atomic E-state index is -4.62. The molecule has 4 rings (SSSR count). The zero-order valence-corrected chi connectivity index (χ0v) is 16.8. The Morgan fingerprint density at radius 1 is 1.13 bits per heavy atom. The van der Waals surface area contributed by atoms with E-state index in [-0.39, 0.29) is 46.2 Å². The van der Waals surface area contributed by atoms with Crippen LogP contribution in [0.4, 0.5) is 18.9 Å². The zero-order valence-electron chi connectivity index (χ0n) is 16.1. The molecule has 3 fully saturated rings. The molecule has 0 unspecified atom stereocenters. The van der Waals surface area contributed by atoms with Crippen LogP contribution < -0.4 is 5.32 Å². The number of hydrogen-bond donors (Lipinski definition) is 1. The second kappa shape index (κ2) is 7.81. The van der Waals surface area contributed by atoms with Gasteiger partial charge in [-0.05, 0) is 49.3 Å². The van der Waals surface area contributed by atoms with Crippen molar-refractivity contribution in [3.8, 4) is 0 Å². The van der Waals surface area contributed by atoms with E-state index in [1.165, 1.54) is 0 Å². The Balaban J connectivity index is 1.31. The van der Waals surface area contributed by atoms with E-state index in [0.717, 1.165) is 36.3 Å². The predicted molar refractivity (Wildman–Crippen MR) is 101 cm³/mol. The van der Waals surface area contributed by atoms with Gasteiger partial charge in [0.25, 0.3) is 5.91 Å². The first kappa shape index (κ1) is 21.6.